The maximum atomic E-state index is 6.26. The highest BCUT2D eigenvalue weighted by atomic mass is 79.9. The lowest BCUT2D eigenvalue weighted by molar-refractivity contribution is 0.560. The zero-order valence-electron chi connectivity index (χ0n) is 13.7. The van der Waals surface area contributed by atoms with Crippen molar-refractivity contribution in [1.82, 2.24) is 0 Å². The molecule has 1 atom stereocenters. The first-order chi connectivity index (χ1) is 12.8. The molecule has 2 nitrogen and oxygen atoms in total. The van der Waals surface area contributed by atoms with Crippen molar-refractivity contribution in [1.29, 1.82) is 0 Å². The zero-order chi connectivity index (χ0) is 17.5. The van der Waals surface area contributed by atoms with E-state index in [0.717, 1.165) is 37.5 Å². The molecular formula is C22H14BrNOS. The second kappa shape index (κ2) is 6.45. The van der Waals surface area contributed by atoms with Crippen molar-refractivity contribution >= 4 is 49.4 Å². The predicted molar refractivity (Wildman–Crippen MR) is 112 cm³/mol. The number of thioether (sulfide) groups is 1. The third-order valence-corrected chi connectivity index (χ3v) is 6.40. The van der Waals surface area contributed by atoms with Gasteiger partial charge in [0.25, 0.3) is 0 Å². The smallest absolute Gasteiger partial charge is 0.148 e. The van der Waals surface area contributed by atoms with Crippen LogP contribution >= 0.6 is 27.7 Å². The molecule has 0 saturated carbocycles. The third kappa shape index (κ3) is 2.61. The third-order valence-electron chi connectivity index (χ3n) is 4.47. The molecule has 0 amide bonds. The monoisotopic (exact) mass is 419 g/mol. The van der Waals surface area contributed by atoms with Crippen LogP contribution in [0.25, 0.3) is 11.0 Å². The molecule has 0 saturated heterocycles. The van der Waals surface area contributed by atoms with E-state index in [1.807, 2.05) is 30.3 Å². The molecule has 1 aliphatic rings. The summed E-state index contributed by atoms with van der Waals surface area (Å²) in [5, 5.41) is 2.14. The van der Waals surface area contributed by atoms with Gasteiger partial charge in [0.1, 0.15) is 22.1 Å². The van der Waals surface area contributed by atoms with Crippen molar-refractivity contribution in [2.45, 2.75) is 5.25 Å². The van der Waals surface area contributed by atoms with Crippen molar-refractivity contribution in [3.8, 4) is 0 Å². The Morgan fingerprint density at radius 3 is 2.35 bits per heavy atom. The molecule has 2 heterocycles. The van der Waals surface area contributed by atoms with E-state index < -0.39 is 0 Å². The second-order valence-electron chi connectivity index (χ2n) is 6.12. The van der Waals surface area contributed by atoms with Gasteiger partial charge < -0.3 is 4.42 Å². The number of halogens is 1. The molecule has 0 aliphatic carbocycles. The molecule has 1 aromatic heterocycles. The molecule has 0 radical (unpaired) electrons. The molecule has 4 aromatic rings. The maximum absolute atomic E-state index is 6.26. The number of rotatable bonds is 2. The van der Waals surface area contributed by atoms with Gasteiger partial charge in [-0.25, -0.2) is 4.99 Å². The maximum Gasteiger partial charge on any atom is 0.148 e. The molecule has 26 heavy (non-hydrogen) atoms. The summed E-state index contributed by atoms with van der Waals surface area (Å²) in [4.78, 5) is 5.00. The summed E-state index contributed by atoms with van der Waals surface area (Å²) >= 11 is 5.41. The normalized spacial score (nSPS) is 16.3. The number of aliphatic imine (C=N–C) groups is 1. The number of benzene rings is 3. The average molecular weight is 420 g/mol. The zero-order valence-corrected chi connectivity index (χ0v) is 16.1. The standard InChI is InChI=1S/C22H14BrNOS/c23-16-12-7-13-17-18(16)19-20(25-17)21(14-8-3-1-4-9-14)26-22(24-19)15-10-5-2-6-11-15/h1-13,21H. The summed E-state index contributed by atoms with van der Waals surface area (Å²) in [7, 11) is 0. The number of hydrogen-bond donors (Lipinski definition) is 0. The van der Waals surface area contributed by atoms with Gasteiger partial charge in [-0.1, -0.05) is 78.5 Å². The first-order valence-electron chi connectivity index (χ1n) is 8.38. The Balaban J connectivity index is 1.78. The number of hydrogen-bond acceptors (Lipinski definition) is 3. The summed E-state index contributed by atoms with van der Waals surface area (Å²) in [6.45, 7) is 0. The summed E-state index contributed by atoms with van der Waals surface area (Å²) < 4.78 is 7.27. The van der Waals surface area contributed by atoms with Gasteiger partial charge in [-0.15, -0.1) is 0 Å². The van der Waals surface area contributed by atoms with E-state index >= 15 is 0 Å². The van der Waals surface area contributed by atoms with Crippen LogP contribution < -0.4 is 0 Å². The van der Waals surface area contributed by atoms with Crippen LogP contribution in [-0.4, -0.2) is 5.04 Å². The van der Waals surface area contributed by atoms with Gasteiger partial charge >= 0.3 is 0 Å². The fourth-order valence-corrected chi connectivity index (χ4v) is 4.99. The fourth-order valence-electron chi connectivity index (χ4n) is 3.25. The summed E-state index contributed by atoms with van der Waals surface area (Å²) in [5.41, 5.74) is 4.14. The molecule has 3 aromatic carbocycles. The first-order valence-corrected chi connectivity index (χ1v) is 10.0. The fraction of sp³-hybridized carbons (Fsp3) is 0.0455. The van der Waals surface area contributed by atoms with E-state index in [9.17, 15) is 0 Å². The van der Waals surface area contributed by atoms with Gasteiger partial charge in [0, 0.05) is 10.0 Å². The van der Waals surface area contributed by atoms with Crippen LogP contribution in [0.15, 0.2) is 92.7 Å². The van der Waals surface area contributed by atoms with Gasteiger partial charge in [-0.05, 0) is 33.6 Å². The molecule has 126 valence electrons. The van der Waals surface area contributed by atoms with Gasteiger partial charge in [0.2, 0.25) is 0 Å². The molecule has 1 aliphatic heterocycles. The van der Waals surface area contributed by atoms with Gasteiger partial charge in [0.15, 0.2) is 0 Å². The highest BCUT2D eigenvalue weighted by Crippen LogP contribution is 2.51. The van der Waals surface area contributed by atoms with E-state index in [0.29, 0.717) is 0 Å². The van der Waals surface area contributed by atoms with Gasteiger partial charge in [-0.2, -0.15) is 0 Å². The molecule has 4 heteroatoms. The quantitative estimate of drug-likeness (QED) is 0.345. The highest BCUT2D eigenvalue weighted by molar-refractivity contribution is 9.10. The Hall–Kier alpha value is -2.30. The van der Waals surface area contributed by atoms with Crippen LogP contribution in [0.4, 0.5) is 5.69 Å². The average Bonchev–Trinajstić information content (AvgIpc) is 3.08. The molecule has 5 rings (SSSR count). The van der Waals surface area contributed by atoms with E-state index in [4.69, 9.17) is 9.41 Å². The molecule has 0 fully saturated rings. The summed E-state index contributed by atoms with van der Waals surface area (Å²) in [6.07, 6.45) is 0. The minimum atomic E-state index is 0.0817. The van der Waals surface area contributed by atoms with E-state index in [-0.39, 0.29) is 5.25 Å². The molecular weight excluding hydrogens is 406 g/mol. The molecule has 0 spiro atoms. The first kappa shape index (κ1) is 15.9. The predicted octanol–water partition coefficient (Wildman–Crippen LogP) is 7.11. The van der Waals surface area contributed by atoms with Crippen molar-refractivity contribution in [2.24, 2.45) is 4.99 Å². The van der Waals surface area contributed by atoms with Crippen LogP contribution in [0.5, 0.6) is 0 Å². The minimum absolute atomic E-state index is 0.0817. The Morgan fingerprint density at radius 1 is 0.846 bits per heavy atom. The SMILES string of the molecule is Brc1cccc2oc3c(c12)N=C(c1ccccc1)SC3c1ccccc1. The van der Waals surface area contributed by atoms with Crippen molar-refractivity contribution in [3.63, 3.8) is 0 Å². The largest absolute Gasteiger partial charge is 0.457 e. The van der Waals surface area contributed by atoms with Crippen LogP contribution in [0.2, 0.25) is 0 Å². The van der Waals surface area contributed by atoms with Crippen LogP contribution in [0.3, 0.4) is 0 Å². The lowest BCUT2D eigenvalue weighted by Gasteiger charge is -2.21. The van der Waals surface area contributed by atoms with E-state index in [2.05, 4.69) is 64.5 Å². The Bertz CT molecular complexity index is 1120. The summed E-state index contributed by atoms with van der Waals surface area (Å²) in [6, 6.07) is 26.9. The second-order valence-corrected chi connectivity index (χ2v) is 8.07. The van der Waals surface area contributed by atoms with Crippen molar-refractivity contribution in [3.05, 3.63) is 100 Å². The Morgan fingerprint density at radius 2 is 1.58 bits per heavy atom. The lowest BCUT2D eigenvalue weighted by atomic mass is 10.1. The highest BCUT2D eigenvalue weighted by Gasteiger charge is 2.31. The summed E-state index contributed by atoms with van der Waals surface area (Å²) in [5.74, 6) is 0.919. The van der Waals surface area contributed by atoms with Crippen molar-refractivity contribution < 1.29 is 4.42 Å². The number of furan rings is 1. The number of nitrogens with zero attached hydrogens (tertiary/aromatic N) is 1. The Kier molecular flexibility index (Phi) is 3.95. The van der Waals surface area contributed by atoms with Gasteiger partial charge in [0.05, 0.1) is 10.6 Å². The molecule has 0 N–H and O–H groups in total. The Labute approximate surface area is 164 Å². The minimum Gasteiger partial charge on any atom is -0.457 e. The van der Waals surface area contributed by atoms with E-state index in [1.165, 1.54) is 5.56 Å². The van der Waals surface area contributed by atoms with Crippen LogP contribution in [0.1, 0.15) is 22.1 Å². The molecule has 0 bridgehead atoms. The lowest BCUT2D eigenvalue weighted by Crippen LogP contribution is -2.07. The van der Waals surface area contributed by atoms with Crippen molar-refractivity contribution in [2.75, 3.05) is 0 Å². The number of fused-ring (bicyclic) bond motifs is 3. The van der Waals surface area contributed by atoms with Gasteiger partial charge in [-0.3, -0.25) is 0 Å². The van der Waals surface area contributed by atoms with Crippen LogP contribution in [0, 0.1) is 0 Å². The van der Waals surface area contributed by atoms with E-state index in [1.54, 1.807) is 11.8 Å². The molecule has 1 unspecified atom stereocenters. The van der Waals surface area contributed by atoms with Crippen LogP contribution in [-0.2, 0) is 0 Å². The topological polar surface area (TPSA) is 25.5 Å².